The fourth-order valence-electron chi connectivity index (χ4n) is 1.41. The molecule has 0 amide bonds. The maximum Gasteiger partial charge on any atom is 0.00312 e. The van der Waals surface area contributed by atoms with Gasteiger partial charge in [-0.05, 0) is 36.4 Å². The molecular formula is C7H15IS. The van der Waals surface area contributed by atoms with Gasteiger partial charge in [0.25, 0.3) is 0 Å². The Morgan fingerprint density at radius 1 is 1.56 bits per heavy atom. The van der Waals surface area contributed by atoms with Crippen LogP contribution in [0.5, 0.6) is 0 Å². The predicted molar refractivity (Wildman–Crippen MR) is 56.2 cm³/mol. The lowest BCUT2D eigenvalue weighted by molar-refractivity contribution is 0.691. The van der Waals surface area contributed by atoms with Crippen molar-refractivity contribution in [1.82, 2.24) is 0 Å². The molecule has 56 valence electrons. The van der Waals surface area contributed by atoms with Crippen molar-refractivity contribution in [2.24, 2.45) is 5.92 Å². The number of rotatable bonds is 1. The molecule has 0 radical (unpaired) electrons. The van der Waals surface area contributed by atoms with Gasteiger partial charge in [-0.25, -0.2) is 10.0 Å². The van der Waals surface area contributed by atoms with Crippen molar-refractivity contribution in [3.8, 4) is 0 Å². The number of alkyl halides is 1. The first-order valence-electron chi connectivity index (χ1n) is 3.39. The van der Waals surface area contributed by atoms with E-state index >= 15 is 0 Å². The minimum Gasteiger partial charge on any atom is -0.246 e. The third kappa shape index (κ3) is 2.30. The zero-order chi connectivity index (χ0) is 6.91. The maximum absolute atomic E-state index is 2.52. The van der Waals surface area contributed by atoms with Crippen molar-refractivity contribution in [2.45, 2.75) is 6.42 Å². The van der Waals surface area contributed by atoms with Crippen LogP contribution in [0.1, 0.15) is 6.42 Å². The molecule has 2 heteroatoms. The molecule has 1 heterocycles. The van der Waals surface area contributed by atoms with Crippen molar-refractivity contribution in [3.63, 3.8) is 0 Å². The molecule has 0 nitrogen and oxygen atoms in total. The maximum atomic E-state index is 2.52. The van der Waals surface area contributed by atoms with Crippen molar-refractivity contribution >= 4 is 32.6 Å². The second-order valence-electron chi connectivity index (χ2n) is 3.45. The number of hydrogen-bond acceptors (Lipinski definition) is 0. The minimum atomic E-state index is -0.112. The van der Waals surface area contributed by atoms with Crippen LogP contribution < -0.4 is 0 Å². The van der Waals surface area contributed by atoms with Gasteiger partial charge in [0.05, 0.1) is 0 Å². The summed E-state index contributed by atoms with van der Waals surface area (Å²) in [5.41, 5.74) is 0. The predicted octanol–water partition coefficient (Wildman–Crippen LogP) is 2.51. The molecule has 0 N–H and O–H groups in total. The van der Waals surface area contributed by atoms with E-state index in [-0.39, 0.29) is 10.0 Å². The quantitative estimate of drug-likeness (QED) is 0.501. The van der Waals surface area contributed by atoms with E-state index in [0.717, 1.165) is 5.92 Å². The molecule has 0 saturated carbocycles. The van der Waals surface area contributed by atoms with Gasteiger partial charge in [0.1, 0.15) is 0 Å². The van der Waals surface area contributed by atoms with E-state index in [2.05, 4.69) is 35.1 Å². The van der Waals surface area contributed by atoms with Gasteiger partial charge in [-0.2, -0.15) is 0 Å². The first-order chi connectivity index (χ1) is 4.14. The van der Waals surface area contributed by atoms with Crippen LogP contribution in [0.3, 0.4) is 0 Å². The average molecular weight is 258 g/mol. The highest BCUT2D eigenvalue weighted by atomic mass is 127. The zero-order valence-electron chi connectivity index (χ0n) is 6.19. The molecule has 1 atom stereocenters. The van der Waals surface area contributed by atoms with Gasteiger partial charge in [0.15, 0.2) is 0 Å². The fraction of sp³-hybridized carbons (Fsp3) is 1.00. The molecule has 0 aliphatic carbocycles. The molecule has 1 saturated heterocycles. The van der Waals surface area contributed by atoms with Crippen LogP contribution in [0.4, 0.5) is 0 Å². The molecule has 1 fully saturated rings. The Morgan fingerprint density at radius 2 is 2.22 bits per heavy atom. The van der Waals surface area contributed by atoms with Crippen LogP contribution in [-0.2, 0) is 0 Å². The van der Waals surface area contributed by atoms with Crippen LogP contribution in [0, 0.1) is 5.92 Å². The highest BCUT2D eigenvalue weighted by Crippen LogP contribution is 2.49. The first kappa shape index (κ1) is 8.18. The second kappa shape index (κ2) is 2.99. The van der Waals surface area contributed by atoms with E-state index in [1.807, 2.05) is 0 Å². The monoisotopic (exact) mass is 258 g/mol. The molecular weight excluding hydrogens is 243 g/mol. The number of hydrogen-bond donors (Lipinski definition) is 0. The molecule has 0 bridgehead atoms. The van der Waals surface area contributed by atoms with E-state index in [1.165, 1.54) is 22.4 Å². The van der Waals surface area contributed by atoms with Gasteiger partial charge in [0, 0.05) is 4.43 Å². The Morgan fingerprint density at radius 3 is 2.44 bits per heavy atom. The highest BCUT2D eigenvalue weighted by molar-refractivity contribution is 14.1. The van der Waals surface area contributed by atoms with Crippen LogP contribution in [0.2, 0.25) is 0 Å². The van der Waals surface area contributed by atoms with Gasteiger partial charge < -0.3 is 0 Å². The summed E-state index contributed by atoms with van der Waals surface area (Å²) in [6.07, 6.45) is 6.45. The van der Waals surface area contributed by atoms with Gasteiger partial charge in [0.2, 0.25) is 0 Å². The molecule has 1 aliphatic heterocycles. The van der Waals surface area contributed by atoms with Crippen LogP contribution in [0.15, 0.2) is 0 Å². The van der Waals surface area contributed by atoms with E-state index in [1.54, 1.807) is 0 Å². The van der Waals surface area contributed by atoms with Crippen molar-refractivity contribution < 1.29 is 0 Å². The molecule has 0 aromatic rings. The van der Waals surface area contributed by atoms with Gasteiger partial charge >= 0.3 is 0 Å². The van der Waals surface area contributed by atoms with Crippen molar-refractivity contribution in [1.29, 1.82) is 0 Å². The summed E-state index contributed by atoms with van der Waals surface area (Å²) in [7, 11) is -0.112. The Kier molecular flexibility index (Phi) is 2.72. The minimum absolute atomic E-state index is 0.112. The van der Waals surface area contributed by atoms with E-state index < -0.39 is 0 Å². The first-order valence-corrected chi connectivity index (χ1v) is 7.70. The highest BCUT2D eigenvalue weighted by Gasteiger charge is 2.25. The molecule has 1 unspecified atom stereocenters. The lowest BCUT2D eigenvalue weighted by Crippen LogP contribution is -2.01. The summed E-state index contributed by atoms with van der Waals surface area (Å²) in [6, 6.07) is 0. The van der Waals surface area contributed by atoms with Gasteiger partial charge in [-0.15, -0.1) is 0 Å². The summed E-state index contributed by atoms with van der Waals surface area (Å²) in [4.78, 5) is 0. The summed E-state index contributed by atoms with van der Waals surface area (Å²) in [5, 5.41) is 0. The summed E-state index contributed by atoms with van der Waals surface area (Å²) >= 11 is 2.52. The lowest BCUT2D eigenvalue weighted by Gasteiger charge is -2.23. The van der Waals surface area contributed by atoms with Crippen molar-refractivity contribution in [3.05, 3.63) is 0 Å². The zero-order valence-corrected chi connectivity index (χ0v) is 9.17. The van der Waals surface area contributed by atoms with E-state index in [4.69, 9.17) is 0 Å². The van der Waals surface area contributed by atoms with Crippen molar-refractivity contribution in [2.75, 3.05) is 28.4 Å². The fourth-order valence-corrected chi connectivity index (χ4v) is 5.29. The summed E-state index contributed by atoms with van der Waals surface area (Å²) in [6.45, 7) is 0. The van der Waals surface area contributed by atoms with Crippen LogP contribution in [-0.4, -0.2) is 28.4 Å². The summed E-state index contributed by atoms with van der Waals surface area (Å²) in [5.74, 6) is 4.13. The Hall–Kier alpha value is 1.08. The molecule has 1 rings (SSSR count). The second-order valence-corrected chi connectivity index (χ2v) is 8.60. The standard InChI is InChI=1S/C7H15IS/c1-9(2)4-3-7(5-8)6-9/h7H,3-6H2,1-2H3. The third-order valence-electron chi connectivity index (χ3n) is 1.98. The van der Waals surface area contributed by atoms with Crippen LogP contribution >= 0.6 is 32.6 Å². The van der Waals surface area contributed by atoms with Gasteiger partial charge in [-0.1, -0.05) is 22.6 Å². The largest absolute Gasteiger partial charge is 0.246 e. The normalized spacial score (nSPS) is 36.6. The molecule has 1 aliphatic rings. The van der Waals surface area contributed by atoms with E-state index in [9.17, 15) is 0 Å². The Bertz CT molecular complexity index is 101. The third-order valence-corrected chi connectivity index (χ3v) is 5.94. The Balaban J connectivity index is 2.38. The molecule has 9 heavy (non-hydrogen) atoms. The lowest BCUT2D eigenvalue weighted by atomic mass is 10.2. The Labute approximate surface area is 73.2 Å². The SMILES string of the molecule is CS1(C)CCC(CI)C1. The topological polar surface area (TPSA) is 0 Å². The molecule has 0 aromatic carbocycles. The summed E-state index contributed by atoms with van der Waals surface area (Å²) < 4.78 is 1.38. The number of halogens is 1. The van der Waals surface area contributed by atoms with E-state index in [0.29, 0.717) is 0 Å². The average Bonchev–Trinajstić information content (AvgIpc) is 2.10. The van der Waals surface area contributed by atoms with Crippen LogP contribution in [0.25, 0.3) is 0 Å². The molecule has 0 spiro atoms. The smallest absolute Gasteiger partial charge is 0.00312 e. The van der Waals surface area contributed by atoms with Gasteiger partial charge in [-0.3, -0.25) is 0 Å². The molecule has 0 aromatic heterocycles.